The molecule has 10 N–H and O–H groups in total. The van der Waals surface area contributed by atoms with Gasteiger partial charge in [0.2, 0.25) is 35.4 Å². The Morgan fingerprint density at radius 3 is 1.84 bits per heavy atom. The van der Waals surface area contributed by atoms with Crippen LogP contribution in [-0.4, -0.2) is 77.8 Å². The first-order valence-electron chi connectivity index (χ1n) is 15.5. The zero-order valence-electron chi connectivity index (χ0n) is 26.8. The van der Waals surface area contributed by atoms with Crippen molar-refractivity contribution in [3.05, 3.63) is 29.8 Å². The minimum atomic E-state index is -1.07. The van der Waals surface area contributed by atoms with Gasteiger partial charge in [0, 0.05) is 13.3 Å². The van der Waals surface area contributed by atoms with Crippen LogP contribution in [0.2, 0.25) is 0 Å². The van der Waals surface area contributed by atoms with Gasteiger partial charge >= 0.3 is 0 Å². The Kier molecular flexibility index (Phi) is 17.9. The van der Waals surface area contributed by atoms with Crippen molar-refractivity contribution >= 4 is 35.4 Å². The minimum Gasteiger partial charge on any atom is -0.508 e. The minimum absolute atomic E-state index is 0.0206. The summed E-state index contributed by atoms with van der Waals surface area (Å²) in [5.41, 5.74) is 11.9. The first kappa shape index (κ1) is 38.8. The predicted molar refractivity (Wildman–Crippen MR) is 169 cm³/mol. The number of hydrogen-bond acceptors (Lipinski definition) is 8. The van der Waals surface area contributed by atoms with E-state index in [2.05, 4.69) is 26.6 Å². The molecule has 1 rings (SSSR count). The van der Waals surface area contributed by atoms with Gasteiger partial charge in [0.15, 0.2) is 0 Å². The van der Waals surface area contributed by atoms with Crippen LogP contribution in [0.1, 0.15) is 78.2 Å². The molecule has 0 saturated carbocycles. The highest BCUT2D eigenvalue weighted by atomic mass is 16.3. The highest BCUT2D eigenvalue weighted by Crippen LogP contribution is 2.13. The highest BCUT2D eigenvalue weighted by molar-refractivity contribution is 5.95. The molecule has 0 aliphatic carbocycles. The molecule has 0 heterocycles. The molecular weight excluding hydrogens is 582 g/mol. The van der Waals surface area contributed by atoms with Crippen LogP contribution >= 0.6 is 0 Å². The van der Waals surface area contributed by atoms with Crippen LogP contribution in [-0.2, 0) is 35.2 Å². The number of phenolic OH excluding ortho intramolecular Hbond substituents is 1. The van der Waals surface area contributed by atoms with Gasteiger partial charge in [-0.1, -0.05) is 45.7 Å². The van der Waals surface area contributed by atoms with Crippen molar-refractivity contribution in [2.24, 2.45) is 17.4 Å². The SMILES string of the molecule is CCCC[C@H](NC(=O)CNC(C)=O)C(=O)N[C@@H](CCCCN)C(=O)N[C@@H](CC(C)C)C(=O)N[C@@H](Cc1ccc(O)cc1)C(N)=O. The molecule has 0 radical (unpaired) electrons. The predicted octanol–water partition coefficient (Wildman–Crippen LogP) is -0.139. The first-order valence-corrected chi connectivity index (χ1v) is 15.5. The van der Waals surface area contributed by atoms with Gasteiger partial charge in [-0.25, -0.2) is 0 Å². The number of nitrogens with one attached hydrogen (secondary N) is 5. The van der Waals surface area contributed by atoms with Gasteiger partial charge in [-0.2, -0.15) is 0 Å². The third kappa shape index (κ3) is 15.9. The second-order valence-electron chi connectivity index (χ2n) is 11.5. The van der Waals surface area contributed by atoms with E-state index >= 15 is 0 Å². The zero-order valence-corrected chi connectivity index (χ0v) is 26.8. The molecule has 1 aromatic rings. The Morgan fingerprint density at radius 1 is 0.778 bits per heavy atom. The fourth-order valence-electron chi connectivity index (χ4n) is 4.50. The molecule has 252 valence electrons. The van der Waals surface area contributed by atoms with Crippen LogP contribution < -0.4 is 38.1 Å². The van der Waals surface area contributed by atoms with Gasteiger partial charge < -0.3 is 43.2 Å². The molecule has 0 aliphatic heterocycles. The summed E-state index contributed by atoms with van der Waals surface area (Å²) in [7, 11) is 0. The van der Waals surface area contributed by atoms with Gasteiger partial charge in [-0.15, -0.1) is 0 Å². The van der Waals surface area contributed by atoms with Crippen molar-refractivity contribution in [1.82, 2.24) is 26.6 Å². The maximum Gasteiger partial charge on any atom is 0.243 e. The Labute approximate surface area is 265 Å². The highest BCUT2D eigenvalue weighted by Gasteiger charge is 2.31. The molecule has 0 bridgehead atoms. The number of rotatable bonds is 21. The lowest BCUT2D eigenvalue weighted by Gasteiger charge is -2.27. The summed E-state index contributed by atoms with van der Waals surface area (Å²) in [6, 6.07) is 2.03. The van der Waals surface area contributed by atoms with Crippen LogP contribution in [0.3, 0.4) is 0 Å². The molecule has 0 saturated heterocycles. The molecule has 0 aliphatic rings. The number of primary amides is 1. The molecule has 6 amide bonds. The van der Waals surface area contributed by atoms with E-state index in [4.69, 9.17) is 11.5 Å². The Morgan fingerprint density at radius 2 is 1.31 bits per heavy atom. The van der Waals surface area contributed by atoms with Gasteiger partial charge in [0.1, 0.15) is 29.9 Å². The maximum atomic E-state index is 13.6. The number of amides is 6. The van der Waals surface area contributed by atoms with Crippen LogP contribution in [0.4, 0.5) is 0 Å². The lowest BCUT2D eigenvalue weighted by molar-refractivity contribution is -0.134. The van der Waals surface area contributed by atoms with Crippen LogP contribution in [0.5, 0.6) is 5.75 Å². The van der Waals surface area contributed by atoms with E-state index < -0.39 is 53.7 Å². The van der Waals surface area contributed by atoms with Crippen LogP contribution in [0.25, 0.3) is 0 Å². The van der Waals surface area contributed by atoms with Crippen LogP contribution in [0, 0.1) is 5.92 Å². The molecule has 0 spiro atoms. The average Bonchev–Trinajstić information content (AvgIpc) is 2.97. The van der Waals surface area contributed by atoms with E-state index in [1.165, 1.54) is 19.1 Å². The lowest BCUT2D eigenvalue weighted by Crippen LogP contribution is -2.58. The van der Waals surface area contributed by atoms with Crippen molar-refractivity contribution < 1.29 is 33.9 Å². The Balaban J connectivity index is 3.11. The van der Waals surface area contributed by atoms with Crippen molar-refractivity contribution in [3.63, 3.8) is 0 Å². The van der Waals surface area contributed by atoms with Crippen molar-refractivity contribution in [2.75, 3.05) is 13.1 Å². The Hall–Kier alpha value is -4.20. The fraction of sp³-hybridized carbons (Fsp3) is 0.613. The van der Waals surface area contributed by atoms with Crippen molar-refractivity contribution in [3.8, 4) is 5.75 Å². The van der Waals surface area contributed by atoms with Gasteiger partial charge in [0.25, 0.3) is 0 Å². The first-order chi connectivity index (χ1) is 21.3. The maximum absolute atomic E-state index is 13.6. The standard InChI is InChI=1S/C31H51N7O7/c1-5-6-9-23(35-27(41)18-34-20(4)39)29(43)36-24(10-7-8-15-32)30(44)38-26(16-19(2)3)31(45)37-25(28(33)42)17-21-11-13-22(40)14-12-21/h11-14,19,23-26,40H,5-10,15-18,32H2,1-4H3,(H2,33,42)(H,34,39)(H,35,41)(H,36,43)(H,37,45)(H,38,44)/t23-,24-,25-,26-/m0/s1. The number of aromatic hydroxyl groups is 1. The molecule has 45 heavy (non-hydrogen) atoms. The molecule has 0 fully saturated rings. The van der Waals surface area contributed by atoms with Crippen LogP contribution in [0.15, 0.2) is 24.3 Å². The zero-order chi connectivity index (χ0) is 33.9. The number of phenols is 1. The molecule has 14 nitrogen and oxygen atoms in total. The quantitative estimate of drug-likeness (QED) is 0.0846. The van der Waals surface area contributed by atoms with E-state index in [1.54, 1.807) is 12.1 Å². The molecule has 1 aromatic carbocycles. The summed E-state index contributed by atoms with van der Waals surface area (Å²) in [6.07, 6.45) is 3.37. The molecule has 14 heteroatoms. The van der Waals surface area contributed by atoms with Crippen molar-refractivity contribution in [2.45, 2.75) is 103 Å². The third-order valence-electron chi connectivity index (χ3n) is 6.95. The van der Waals surface area contributed by atoms with E-state index in [-0.39, 0.29) is 43.4 Å². The summed E-state index contributed by atoms with van der Waals surface area (Å²) < 4.78 is 0. The van der Waals surface area contributed by atoms with E-state index in [9.17, 15) is 33.9 Å². The van der Waals surface area contributed by atoms with E-state index in [0.29, 0.717) is 37.8 Å². The molecule has 0 unspecified atom stereocenters. The molecule has 4 atom stereocenters. The molecular formula is C31H51N7O7. The fourth-order valence-corrected chi connectivity index (χ4v) is 4.50. The Bertz CT molecular complexity index is 1130. The summed E-state index contributed by atoms with van der Waals surface area (Å²) in [5.74, 6) is -3.46. The summed E-state index contributed by atoms with van der Waals surface area (Å²) >= 11 is 0. The lowest BCUT2D eigenvalue weighted by atomic mass is 10.00. The average molecular weight is 634 g/mol. The van der Waals surface area contributed by atoms with Gasteiger partial charge in [-0.3, -0.25) is 28.8 Å². The van der Waals surface area contributed by atoms with E-state index in [1.807, 2.05) is 20.8 Å². The number of nitrogens with two attached hydrogens (primary N) is 2. The summed E-state index contributed by atoms with van der Waals surface area (Å²) in [4.78, 5) is 76.0. The summed E-state index contributed by atoms with van der Waals surface area (Å²) in [5, 5.41) is 22.6. The third-order valence-corrected chi connectivity index (χ3v) is 6.95. The largest absolute Gasteiger partial charge is 0.508 e. The topological polar surface area (TPSA) is 235 Å². The van der Waals surface area contributed by atoms with E-state index in [0.717, 1.165) is 6.42 Å². The smallest absolute Gasteiger partial charge is 0.243 e. The van der Waals surface area contributed by atoms with Gasteiger partial charge in [0.05, 0.1) is 6.54 Å². The number of benzene rings is 1. The number of unbranched alkanes of at least 4 members (excludes halogenated alkanes) is 2. The van der Waals surface area contributed by atoms with Gasteiger partial charge in [-0.05, 0) is 62.3 Å². The second-order valence-corrected chi connectivity index (χ2v) is 11.5. The number of carbonyl (C=O) groups excluding carboxylic acids is 6. The van der Waals surface area contributed by atoms with Crippen molar-refractivity contribution in [1.29, 1.82) is 0 Å². The summed E-state index contributed by atoms with van der Waals surface area (Å²) in [6.45, 7) is 7.04. The number of hydrogen-bond donors (Lipinski definition) is 8. The monoisotopic (exact) mass is 633 g/mol. The number of carbonyl (C=O) groups is 6. The second kappa shape index (κ2) is 20.7. The molecule has 0 aromatic heterocycles. The normalized spacial score (nSPS) is 13.6.